The van der Waals surface area contributed by atoms with Crippen molar-refractivity contribution in [2.75, 3.05) is 13.1 Å². The zero-order chi connectivity index (χ0) is 9.97. The Bertz CT molecular complexity index is 322. The molecule has 0 amide bonds. The summed E-state index contributed by atoms with van der Waals surface area (Å²) in [6.45, 7) is 2.12. The zero-order valence-corrected chi connectivity index (χ0v) is 9.28. The van der Waals surface area contributed by atoms with Gasteiger partial charge >= 0.3 is 0 Å². The smallest absolute Gasteiger partial charge is 0.130 e. The summed E-state index contributed by atoms with van der Waals surface area (Å²) in [7, 11) is 0. The van der Waals surface area contributed by atoms with Crippen molar-refractivity contribution in [3.63, 3.8) is 0 Å². The van der Waals surface area contributed by atoms with Crippen LogP contribution in [0.25, 0.3) is 0 Å². The molecule has 76 valence electrons. The van der Waals surface area contributed by atoms with Gasteiger partial charge in [0.2, 0.25) is 0 Å². The lowest BCUT2D eigenvalue weighted by molar-refractivity contribution is 0.460. The predicted molar refractivity (Wildman–Crippen MR) is 59.1 cm³/mol. The van der Waals surface area contributed by atoms with Crippen molar-refractivity contribution in [1.82, 2.24) is 10.3 Å². The maximum atomic E-state index is 6.12. The minimum atomic E-state index is 0.465. The van der Waals surface area contributed by atoms with Gasteiger partial charge in [0.15, 0.2) is 0 Å². The van der Waals surface area contributed by atoms with Gasteiger partial charge in [-0.25, -0.2) is 4.98 Å². The van der Waals surface area contributed by atoms with E-state index in [9.17, 15) is 0 Å². The van der Waals surface area contributed by atoms with E-state index in [-0.39, 0.29) is 0 Å². The van der Waals surface area contributed by atoms with E-state index in [0.29, 0.717) is 11.1 Å². The van der Waals surface area contributed by atoms with Crippen molar-refractivity contribution in [2.45, 2.75) is 18.8 Å². The number of aromatic nitrogens is 1. The summed E-state index contributed by atoms with van der Waals surface area (Å²) in [5, 5.41) is 4.54. The molecule has 0 atom stereocenters. The van der Waals surface area contributed by atoms with Crippen LogP contribution in [-0.2, 0) is 0 Å². The van der Waals surface area contributed by atoms with Crippen LogP contribution in [0, 0.1) is 0 Å². The van der Waals surface area contributed by atoms with Gasteiger partial charge in [-0.2, -0.15) is 0 Å². The molecule has 1 fully saturated rings. The highest BCUT2D eigenvalue weighted by atomic mass is 35.5. The molecule has 14 heavy (non-hydrogen) atoms. The molecule has 0 spiro atoms. The maximum absolute atomic E-state index is 6.12. The lowest BCUT2D eigenvalue weighted by atomic mass is 9.91. The number of pyridine rings is 1. The summed E-state index contributed by atoms with van der Waals surface area (Å²) in [4.78, 5) is 4.08. The second-order valence-corrected chi connectivity index (χ2v) is 4.35. The molecular formula is C10H12Cl2N2. The van der Waals surface area contributed by atoms with Crippen LogP contribution in [0.2, 0.25) is 10.2 Å². The molecule has 1 aliphatic heterocycles. The van der Waals surface area contributed by atoms with Gasteiger partial charge in [0, 0.05) is 11.2 Å². The highest BCUT2D eigenvalue weighted by Crippen LogP contribution is 2.31. The van der Waals surface area contributed by atoms with Crippen molar-refractivity contribution in [3.05, 3.63) is 28.0 Å². The number of rotatable bonds is 1. The number of piperidine rings is 1. The number of nitrogens with one attached hydrogen (secondary N) is 1. The average Bonchev–Trinajstić information content (AvgIpc) is 2.19. The number of halogens is 2. The Hall–Kier alpha value is -0.310. The molecule has 2 rings (SSSR count). The van der Waals surface area contributed by atoms with Crippen molar-refractivity contribution in [2.24, 2.45) is 0 Å². The fourth-order valence-electron chi connectivity index (χ4n) is 1.85. The van der Waals surface area contributed by atoms with Gasteiger partial charge < -0.3 is 5.32 Å². The molecule has 1 aromatic heterocycles. The summed E-state index contributed by atoms with van der Waals surface area (Å²) >= 11 is 11.9. The van der Waals surface area contributed by atoms with E-state index in [0.717, 1.165) is 36.5 Å². The van der Waals surface area contributed by atoms with Gasteiger partial charge in [-0.1, -0.05) is 23.2 Å². The third kappa shape index (κ3) is 2.19. The minimum absolute atomic E-state index is 0.465. The fourth-order valence-corrected chi connectivity index (χ4v) is 2.37. The molecule has 4 heteroatoms. The van der Waals surface area contributed by atoms with Gasteiger partial charge in [0.1, 0.15) is 5.15 Å². The number of nitrogens with zero attached hydrogens (tertiary/aromatic N) is 1. The Morgan fingerprint density at radius 2 is 2.00 bits per heavy atom. The predicted octanol–water partition coefficient (Wildman–Crippen LogP) is 2.86. The molecule has 0 radical (unpaired) electrons. The number of hydrogen-bond acceptors (Lipinski definition) is 2. The molecular weight excluding hydrogens is 219 g/mol. The Balaban J connectivity index is 2.22. The van der Waals surface area contributed by atoms with Gasteiger partial charge in [-0.15, -0.1) is 0 Å². The molecule has 0 aliphatic carbocycles. The highest BCUT2D eigenvalue weighted by Gasteiger charge is 2.18. The van der Waals surface area contributed by atoms with Crippen LogP contribution in [0.3, 0.4) is 0 Å². The zero-order valence-electron chi connectivity index (χ0n) is 7.76. The van der Waals surface area contributed by atoms with Crippen molar-refractivity contribution in [1.29, 1.82) is 0 Å². The quantitative estimate of drug-likeness (QED) is 0.751. The Labute approximate surface area is 93.6 Å². The average molecular weight is 231 g/mol. The summed E-state index contributed by atoms with van der Waals surface area (Å²) in [5.41, 5.74) is 1.14. The SMILES string of the molecule is Clc1cc(Cl)c(C2CCNCC2)cn1. The van der Waals surface area contributed by atoms with Crippen LogP contribution in [0.1, 0.15) is 24.3 Å². The molecule has 2 nitrogen and oxygen atoms in total. The van der Waals surface area contributed by atoms with Crippen LogP contribution >= 0.6 is 23.2 Å². The van der Waals surface area contributed by atoms with E-state index in [2.05, 4.69) is 10.3 Å². The third-order valence-electron chi connectivity index (χ3n) is 2.63. The van der Waals surface area contributed by atoms with E-state index in [1.54, 1.807) is 12.3 Å². The molecule has 1 aromatic rings. The first-order valence-corrected chi connectivity index (χ1v) is 5.54. The molecule has 0 aromatic carbocycles. The van der Waals surface area contributed by atoms with E-state index < -0.39 is 0 Å². The monoisotopic (exact) mass is 230 g/mol. The van der Waals surface area contributed by atoms with E-state index in [1.807, 2.05) is 0 Å². The molecule has 1 aliphatic rings. The molecule has 2 heterocycles. The van der Waals surface area contributed by atoms with Gasteiger partial charge in [0.05, 0.1) is 0 Å². The lowest BCUT2D eigenvalue weighted by Gasteiger charge is -2.23. The largest absolute Gasteiger partial charge is 0.317 e. The van der Waals surface area contributed by atoms with Crippen LogP contribution in [0.4, 0.5) is 0 Å². The summed E-state index contributed by atoms with van der Waals surface area (Å²) < 4.78 is 0. The summed E-state index contributed by atoms with van der Waals surface area (Å²) in [6, 6.07) is 1.72. The molecule has 1 N–H and O–H groups in total. The van der Waals surface area contributed by atoms with Crippen molar-refractivity contribution >= 4 is 23.2 Å². The number of hydrogen-bond donors (Lipinski definition) is 1. The van der Waals surface area contributed by atoms with E-state index in [4.69, 9.17) is 23.2 Å². The first-order valence-electron chi connectivity index (χ1n) is 4.79. The molecule has 0 saturated carbocycles. The molecule has 1 saturated heterocycles. The summed E-state index contributed by atoms with van der Waals surface area (Å²) in [5.74, 6) is 0.536. The Morgan fingerprint density at radius 3 is 2.64 bits per heavy atom. The van der Waals surface area contributed by atoms with Gasteiger partial charge in [-0.3, -0.25) is 0 Å². The molecule has 0 unspecified atom stereocenters. The van der Waals surface area contributed by atoms with E-state index in [1.165, 1.54) is 0 Å². The first kappa shape index (κ1) is 10.2. The normalized spacial score (nSPS) is 18.4. The maximum Gasteiger partial charge on any atom is 0.130 e. The Kier molecular flexibility index (Phi) is 3.26. The van der Waals surface area contributed by atoms with Crippen LogP contribution in [-0.4, -0.2) is 18.1 Å². The van der Waals surface area contributed by atoms with Crippen LogP contribution < -0.4 is 5.32 Å². The van der Waals surface area contributed by atoms with Gasteiger partial charge in [0.25, 0.3) is 0 Å². The van der Waals surface area contributed by atoms with Gasteiger partial charge in [-0.05, 0) is 43.5 Å². The third-order valence-corrected chi connectivity index (χ3v) is 3.16. The van der Waals surface area contributed by atoms with Crippen LogP contribution in [0.15, 0.2) is 12.3 Å². The fraction of sp³-hybridized carbons (Fsp3) is 0.500. The molecule has 0 bridgehead atoms. The van der Waals surface area contributed by atoms with Crippen molar-refractivity contribution < 1.29 is 0 Å². The minimum Gasteiger partial charge on any atom is -0.317 e. The standard InChI is InChI=1S/C10H12Cl2N2/c11-9-5-10(12)14-6-8(9)7-1-3-13-4-2-7/h5-7,13H,1-4H2. The second kappa shape index (κ2) is 4.47. The lowest BCUT2D eigenvalue weighted by Crippen LogP contribution is -2.26. The first-order chi connectivity index (χ1) is 6.77. The summed E-state index contributed by atoms with van der Waals surface area (Å²) in [6.07, 6.45) is 4.06. The van der Waals surface area contributed by atoms with E-state index >= 15 is 0 Å². The van der Waals surface area contributed by atoms with Crippen LogP contribution in [0.5, 0.6) is 0 Å². The Morgan fingerprint density at radius 1 is 1.29 bits per heavy atom. The van der Waals surface area contributed by atoms with Crippen molar-refractivity contribution in [3.8, 4) is 0 Å². The second-order valence-electron chi connectivity index (χ2n) is 3.55. The highest BCUT2D eigenvalue weighted by molar-refractivity contribution is 6.34. The topological polar surface area (TPSA) is 24.9 Å².